The molecule has 94 valence electrons. The topological polar surface area (TPSA) is 38.3 Å². The Kier molecular flexibility index (Phi) is 4.59. The molecule has 0 aromatic carbocycles. The van der Waals surface area contributed by atoms with Crippen molar-refractivity contribution in [1.29, 1.82) is 0 Å². The van der Waals surface area contributed by atoms with Gasteiger partial charge in [0.25, 0.3) is 5.91 Å². The first-order valence-corrected chi connectivity index (χ1v) is 9.46. The molecule has 0 saturated heterocycles. The molecule has 3 nitrogen and oxygen atoms in total. The monoisotopic (exact) mass is 289 g/mol. The molecule has 0 bridgehead atoms. The van der Waals surface area contributed by atoms with E-state index >= 15 is 0 Å². The summed E-state index contributed by atoms with van der Waals surface area (Å²) >= 11 is 0. The van der Waals surface area contributed by atoms with Gasteiger partial charge >= 0.3 is 0 Å². The lowest BCUT2D eigenvalue weighted by molar-refractivity contribution is -0.146. The second-order valence-electron chi connectivity index (χ2n) is 4.33. The van der Waals surface area contributed by atoms with Gasteiger partial charge in [-0.05, 0) is 34.0 Å². The van der Waals surface area contributed by atoms with E-state index in [2.05, 4.69) is 21.1 Å². The van der Waals surface area contributed by atoms with Crippen LogP contribution < -0.4 is 5.32 Å². The third-order valence-corrected chi connectivity index (χ3v) is 6.52. The number of rotatable bonds is 3. The van der Waals surface area contributed by atoms with E-state index in [1.54, 1.807) is 0 Å². The SMILES string of the molecule is C=CPPC1=C(P)NC(=O)C2(CCCCC2)O1. The van der Waals surface area contributed by atoms with Gasteiger partial charge in [-0.2, -0.15) is 0 Å². The van der Waals surface area contributed by atoms with Gasteiger partial charge in [-0.25, -0.2) is 0 Å². The van der Waals surface area contributed by atoms with Crippen LogP contribution in [0.2, 0.25) is 0 Å². The normalized spacial score (nSPS) is 24.6. The Hall–Kier alpha value is 0.0400. The second kappa shape index (κ2) is 5.79. The van der Waals surface area contributed by atoms with Crippen molar-refractivity contribution in [2.45, 2.75) is 37.7 Å². The van der Waals surface area contributed by atoms with Crippen LogP contribution in [0.15, 0.2) is 23.3 Å². The smallest absolute Gasteiger partial charge is 0.268 e. The van der Waals surface area contributed by atoms with Crippen LogP contribution in [0.4, 0.5) is 0 Å². The fourth-order valence-electron chi connectivity index (χ4n) is 2.25. The molecule has 1 aliphatic carbocycles. The van der Waals surface area contributed by atoms with Gasteiger partial charge in [0.05, 0.1) is 5.44 Å². The molecule has 1 fully saturated rings. The first kappa shape index (κ1) is 13.5. The van der Waals surface area contributed by atoms with Crippen molar-refractivity contribution in [3.05, 3.63) is 23.3 Å². The summed E-state index contributed by atoms with van der Waals surface area (Å²) in [6, 6.07) is 0. The largest absolute Gasteiger partial charge is 0.475 e. The summed E-state index contributed by atoms with van der Waals surface area (Å²) in [5.74, 6) is 1.95. The van der Waals surface area contributed by atoms with Crippen LogP contribution in [0.1, 0.15) is 32.1 Å². The third-order valence-electron chi connectivity index (χ3n) is 3.15. The minimum atomic E-state index is -0.577. The average Bonchev–Trinajstić information content (AvgIpc) is 2.34. The summed E-state index contributed by atoms with van der Waals surface area (Å²) in [5.41, 5.74) is 1.17. The molecule has 0 aromatic heterocycles. The Bertz CT molecular complexity index is 362. The fraction of sp³-hybridized carbons (Fsp3) is 0.545. The summed E-state index contributed by atoms with van der Waals surface area (Å²) in [6.45, 7) is 3.74. The van der Waals surface area contributed by atoms with Gasteiger partial charge < -0.3 is 10.1 Å². The number of hydrogen-bond acceptors (Lipinski definition) is 2. The lowest BCUT2D eigenvalue weighted by Crippen LogP contribution is -2.52. The molecule has 1 amide bonds. The zero-order chi connectivity index (χ0) is 12.3. The fourth-order valence-corrected chi connectivity index (χ4v) is 5.02. The van der Waals surface area contributed by atoms with Crippen molar-refractivity contribution in [1.82, 2.24) is 5.32 Å². The van der Waals surface area contributed by atoms with Crippen LogP contribution in [0, 0.1) is 0 Å². The molecular weight excluding hydrogens is 271 g/mol. The van der Waals surface area contributed by atoms with Gasteiger partial charge in [-0.1, -0.05) is 36.3 Å². The number of hydrogen-bond donors (Lipinski definition) is 1. The van der Waals surface area contributed by atoms with Gasteiger partial charge in [-0.3, -0.25) is 4.79 Å². The molecule has 6 heteroatoms. The minimum absolute atomic E-state index is 0.0395. The Morgan fingerprint density at radius 3 is 2.76 bits per heavy atom. The lowest BCUT2D eigenvalue weighted by atomic mass is 9.83. The van der Waals surface area contributed by atoms with Gasteiger partial charge in [-0.15, -0.1) is 0 Å². The summed E-state index contributed by atoms with van der Waals surface area (Å²) in [4.78, 5) is 12.1. The minimum Gasteiger partial charge on any atom is -0.475 e. The Morgan fingerprint density at radius 2 is 2.12 bits per heavy atom. The maximum Gasteiger partial charge on any atom is 0.268 e. The molecule has 0 aromatic rings. The molecule has 0 radical (unpaired) electrons. The third kappa shape index (κ3) is 2.90. The van der Waals surface area contributed by atoms with Crippen molar-refractivity contribution in [2.24, 2.45) is 0 Å². The summed E-state index contributed by atoms with van der Waals surface area (Å²) in [7, 11) is 3.81. The van der Waals surface area contributed by atoms with E-state index in [-0.39, 0.29) is 5.91 Å². The highest BCUT2D eigenvalue weighted by Crippen LogP contribution is 2.51. The van der Waals surface area contributed by atoms with E-state index < -0.39 is 5.60 Å². The zero-order valence-electron chi connectivity index (χ0n) is 9.71. The lowest BCUT2D eigenvalue weighted by Gasteiger charge is -2.40. The van der Waals surface area contributed by atoms with Crippen LogP contribution in [0.3, 0.4) is 0 Å². The van der Waals surface area contributed by atoms with Crippen molar-refractivity contribution in [3.63, 3.8) is 0 Å². The van der Waals surface area contributed by atoms with E-state index in [0.717, 1.165) is 36.6 Å². The van der Waals surface area contributed by atoms with E-state index in [4.69, 9.17) is 4.74 Å². The van der Waals surface area contributed by atoms with Crippen LogP contribution in [0.25, 0.3) is 0 Å². The number of nitrogens with one attached hydrogen (secondary N) is 1. The first-order chi connectivity index (χ1) is 8.18. The molecule has 1 spiro atoms. The standard InChI is InChI=1S/C11H18NO2P3/c1-2-16-17-9-8(15)12-10(13)11(14-9)6-4-3-5-7-11/h2,16-17H,1,3-7,15H2,(H,12,13). The molecule has 1 aliphatic heterocycles. The highest BCUT2D eigenvalue weighted by molar-refractivity contribution is 8.15. The molecular formula is C11H18NO2P3. The van der Waals surface area contributed by atoms with Gasteiger partial charge in [0.1, 0.15) is 5.50 Å². The quantitative estimate of drug-likeness (QED) is 0.810. The van der Waals surface area contributed by atoms with Gasteiger partial charge in [0.2, 0.25) is 0 Å². The average molecular weight is 289 g/mol. The predicted molar refractivity (Wildman–Crippen MR) is 78.6 cm³/mol. The van der Waals surface area contributed by atoms with Crippen molar-refractivity contribution < 1.29 is 9.53 Å². The van der Waals surface area contributed by atoms with E-state index in [1.165, 1.54) is 6.42 Å². The van der Waals surface area contributed by atoms with Crippen LogP contribution in [0.5, 0.6) is 0 Å². The van der Waals surface area contributed by atoms with E-state index in [0.29, 0.717) is 16.5 Å². The molecule has 2 rings (SSSR count). The van der Waals surface area contributed by atoms with Crippen molar-refractivity contribution in [2.75, 3.05) is 0 Å². The first-order valence-electron chi connectivity index (χ1n) is 5.81. The number of carbonyl (C=O) groups is 1. The Balaban J connectivity index is 2.15. The van der Waals surface area contributed by atoms with E-state index in [1.807, 2.05) is 5.82 Å². The Morgan fingerprint density at radius 1 is 1.41 bits per heavy atom. The van der Waals surface area contributed by atoms with Crippen LogP contribution >= 0.6 is 25.8 Å². The molecule has 17 heavy (non-hydrogen) atoms. The molecule has 2 aliphatic rings. The highest BCUT2D eigenvalue weighted by atomic mass is 32.0. The second-order valence-corrected chi connectivity index (χ2v) is 7.92. The summed E-state index contributed by atoms with van der Waals surface area (Å²) in [6.07, 6.45) is 5.07. The highest BCUT2D eigenvalue weighted by Gasteiger charge is 2.45. The summed E-state index contributed by atoms with van der Waals surface area (Å²) in [5, 5.41) is 2.95. The molecule has 3 atom stereocenters. The molecule has 1 saturated carbocycles. The van der Waals surface area contributed by atoms with E-state index in [9.17, 15) is 4.79 Å². The van der Waals surface area contributed by atoms with Gasteiger partial charge in [0, 0.05) is 0 Å². The molecule has 1 heterocycles. The maximum atomic E-state index is 12.1. The summed E-state index contributed by atoms with van der Waals surface area (Å²) < 4.78 is 6.06. The number of ether oxygens (including phenoxy) is 1. The van der Waals surface area contributed by atoms with Crippen molar-refractivity contribution >= 4 is 31.7 Å². The molecule has 1 N–H and O–H groups in total. The zero-order valence-corrected chi connectivity index (χ0v) is 12.9. The number of amides is 1. The van der Waals surface area contributed by atoms with Crippen LogP contribution in [-0.2, 0) is 9.53 Å². The predicted octanol–water partition coefficient (Wildman–Crippen LogP) is 3.25. The van der Waals surface area contributed by atoms with Crippen molar-refractivity contribution in [3.8, 4) is 0 Å². The van der Waals surface area contributed by atoms with Crippen LogP contribution in [-0.4, -0.2) is 11.5 Å². The van der Waals surface area contributed by atoms with Gasteiger partial charge in [0.15, 0.2) is 5.60 Å². The maximum absolute atomic E-state index is 12.1. The molecule has 3 unspecified atom stereocenters. The number of carbonyl (C=O) groups excluding carboxylic acids is 1. The Labute approximate surface area is 108 Å².